The number of aryl methyl sites for hydroxylation is 1. The summed E-state index contributed by atoms with van der Waals surface area (Å²) in [5, 5.41) is 11.5. The van der Waals surface area contributed by atoms with Crippen LogP contribution in [0.3, 0.4) is 0 Å². The summed E-state index contributed by atoms with van der Waals surface area (Å²) in [4.78, 5) is 29.5. The van der Waals surface area contributed by atoms with E-state index in [1.807, 2.05) is 99.2 Å². The number of fused-ring (bicyclic) bond motifs is 1. The molecule has 1 N–H and O–H groups in total. The van der Waals surface area contributed by atoms with Crippen LogP contribution >= 0.6 is 0 Å². The molecule has 0 saturated carbocycles. The molecule has 0 aliphatic heterocycles. The smallest absolute Gasteiger partial charge is 0.249 e. The molecule has 4 aromatic rings. The Bertz CT molecular complexity index is 1370. The van der Waals surface area contributed by atoms with Gasteiger partial charge in [0.25, 0.3) is 0 Å². The van der Waals surface area contributed by atoms with Crippen molar-refractivity contribution in [3.63, 3.8) is 0 Å². The number of rotatable bonds is 10. The zero-order valence-electron chi connectivity index (χ0n) is 22.0. The number of nitrogens with zero attached hydrogens (tertiary/aromatic N) is 5. The number of methoxy groups -OCH3 is 1. The molecule has 9 nitrogen and oxygen atoms in total. The Morgan fingerprint density at radius 1 is 1.08 bits per heavy atom. The number of amides is 2. The van der Waals surface area contributed by atoms with E-state index in [9.17, 15) is 9.59 Å². The fourth-order valence-electron chi connectivity index (χ4n) is 4.19. The third-order valence-electron chi connectivity index (χ3n) is 6.71. The number of hydrogen-bond donors (Lipinski definition) is 1. The second kappa shape index (κ2) is 10.9. The van der Waals surface area contributed by atoms with Crippen LogP contribution in [0.4, 0.5) is 0 Å². The van der Waals surface area contributed by atoms with Gasteiger partial charge in [0.05, 0.1) is 12.6 Å². The molecule has 2 amide bonds. The van der Waals surface area contributed by atoms with E-state index in [1.54, 1.807) is 16.7 Å². The van der Waals surface area contributed by atoms with Crippen LogP contribution in [-0.4, -0.2) is 48.9 Å². The number of aromatic nitrogens is 4. The summed E-state index contributed by atoms with van der Waals surface area (Å²) in [6.07, 6.45) is 2.62. The summed E-state index contributed by atoms with van der Waals surface area (Å²) in [5.41, 5.74) is 2.62. The first-order valence-corrected chi connectivity index (χ1v) is 12.4. The van der Waals surface area contributed by atoms with Gasteiger partial charge in [0.2, 0.25) is 11.8 Å². The minimum Gasteiger partial charge on any atom is -0.497 e. The first-order chi connectivity index (χ1) is 17.7. The zero-order valence-corrected chi connectivity index (χ0v) is 22.0. The highest BCUT2D eigenvalue weighted by atomic mass is 16.5. The molecule has 0 fully saturated rings. The van der Waals surface area contributed by atoms with Crippen LogP contribution in [0.1, 0.15) is 44.5 Å². The van der Waals surface area contributed by atoms with Crippen molar-refractivity contribution in [1.82, 2.24) is 29.8 Å². The highest BCUT2D eigenvalue weighted by Gasteiger charge is 2.35. The summed E-state index contributed by atoms with van der Waals surface area (Å²) < 4.78 is 8.75. The van der Waals surface area contributed by atoms with Gasteiger partial charge in [-0.1, -0.05) is 36.4 Å². The Morgan fingerprint density at radius 2 is 1.81 bits per heavy atom. The summed E-state index contributed by atoms with van der Waals surface area (Å²) >= 11 is 0. The van der Waals surface area contributed by atoms with E-state index in [0.29, 0.717) is 5.52 Å². The molecule has 194 valence electrons. The van der Waals surface area contributed by atoms with Crippen LogP contribution in [0.25, 0.3) is 11.0 Å². The first-order valence-electron chi connectivity index (χ1n) is 12.4. The molecule has 0 spiro atoms. The molecular weight excluding hydrogens is 468 g/mol. The van der Waals surface area contributed by atoms with E-state index in [2.05, 4.69) is 15.6 Å². The molecule has 2 aromatic heterocycles. The van der Waals surface area contributed by atoms with Gasteiger partial charge in [-0.3, -0.25) is 9.59 Å². The maximum absolute atomic E-state index is 14.0. The van der Waals surface area contributed by atoms with Crippen molar-refractivity contribution in [3.8, 4) is 5.75 Å². The van der Waals surface area contributed by atoms with Crippen molar-refractivity contribution in [3.05, 3.63) is 78.1 Å². The Labute approximate surface area is 217 Å². The first kappa shape index (κ1) is 25.9. The second-order valence-corrected chi connectivity index (χ2v) is 9.78. The summed E-state index contributed by atoms with van der Waals surface area (Å²) in [5.74, 6) is 0.234. The van der Waals surface area contributed by atoms with Gasteiger partial charge in [-0.05, 0) is 62.2 Å². The van der Waals surface area contributed by atoms with Gasteiger partial charge in [0.15, 0.2) is 6.04 Å². The highest BCUT2D eigenvalue weighted by molar-refractivity contribution is 5.89. The van der Waals surface area contributed by atoms with Gasteiger partial charge >= 0.3 is 0 Å². The normalized spacial score (nSPS) is 12.4. The molecule has 4 rings (SSSR count). The van der Waals surface area contributed by atoms with Crippen LogP contribution in [-0.2, 0) is 29.7 Å². The van der Waals surface area contributed by atoms with E-state index < -0.39 is 11.6 Å². The van der Waals surface area contributed by atoms with Crippen LogP contribution in [0.2, 0.25) is 0 Å². The van der Waals surface area contributed by atoms with Crippen LogP contribution in [0, 0.1) is 0 Å². The lowest BCUT2D eigenvalue weighted by molar-refractivity contribution is -0.143. The van der Waals surface area contributed by atoms with Crippen LogP contribution in [0.15, 0.2) is 66.9 Å². The predicted octanol–water partition coefficient (Wildman–Crippen LogP) is 3.85. The molecule has 2 heterocycles. The average Bonchev–Trinajstić information content (AvgIpc) is 3.50. The quantitative estimate of drug-likeness (QED) is 0.355. The monoisotopic (exact) mass is 502 g/mol. The fraction of sp³-hybridized carbons (Fsp3) is 0.357. The summed E-state index contributed by atoms with van der Waals surface area (Å²) in [6, 6.07) is 17.9. The SMILES string of the molecule is CCC(C)(C)NC(=O)[C@@H](c1cccn1C)N(Cc1ccc(OC)cc1)C(=O)Cn1nnc2ccccc21. The standard InChI is InChI=1S/C28H34N6O3/c1-6-28(2,3)29-27(36)26(24-12-9-17-32(24)4)33(18-20-13-15-21(37-5)16-14-20)25(35)19-34-23-11-8-7-10-22(23)30-31-34/h7-17,26H,6,18-19H2,1-5H3,(H,29,36)/t26-/m1/s1. The molecule has 1 atom stereocenters. The Kier molecular flexibility index (Phi) is 7.61. The second-order valence-electron chi connectivity index (χ2n) is 9.78. The Hall–Kier alpha value is -4.14. The van der Waals surface area contributed by atoms with Gasteiger partial charge < -0.3 is 19.5 Å². The van der Waals surface area contributed by atoms with Gasteiger partial charge in [0.1, 0.15) is 17.8 Å². The maximum Gasteiger partial charge on any atom is 0.249 e. The van der Waals surface area contributed by atoms with Crippen molar-refractivity contribution in [2.45, 2.75) is 51.9 Å². The molecule has 37 heavy (non-hydrogen) atoms. The minimum atomic E-state index is -0.852. The summed E-state index contributed by atoms with van der Waals surface area (Å²) in [6.45, 7) is 6.15. The third-order valence-corrected chi connectivity index (χ3v) is 6.71. The topological polar surface area (TPSA) is 94.3 Å². The highest BCUT2D eigenvalue weighted by Crippen LogP contribution is 2.27. The molecule has 0 radical (unpaired) electrons. The van der Waals surface area contributed by atoms with Gasteiger partial charge in [-0.15, -0.1) is 5.10 Å². The average molecular weight is 503 g/mol. The lowest BCUT2D eigenvalue weighted by Gasteiger charge is -2.34. The molecule has 0 bridgehead atoms. The van der Waals surface area contributed by atoms with E-state index in [4.69, 9.17) is 4.74 Å². The van der Waals surface area contributed by atoms with Crippen LogP contribution in [0.5, 0.6) is 5.75 Å². The minimum absolute atomic E-state index is 0.0535. The number of benzene rings is 2. The van der Waals surface area contributed by atoms with Crippen molar-refractivity contribution in [2.24, 2.45) is 7.05 Å². The number of nitrogens with one attached hydrogen (secondary N) is 1. The number of carbonyl (C=O) groups is 2. The van der Waals surface area contributed by atoms with Crippen LogP contribution < -0.4 is 10.1 Å². The lowest BCUT2D eigenvalue weighted by Crippen LogP contribution is -2.51. The molecule has 9 heteroatoms. The van der Waals surface area contributed by atoms with E-state index in [1.165, 1.54) is 0 Å². The third kappa shape index (κ3) is 5.82. The molecular formula is C28H34N6O3. The Morgan fingerprint density at radius 3 is 2.46 bits per heavy atom. The van der Waals surface area contributed by atoms with E-state index in [-0.39, 0.29) is 24.9 Å². The molecule has 0 saturated heterocycles. The summed E-state index contributed by atoms with van der Waals surface area (Å²) in [7, 11) is 3.49. The number of ether oxygens (including phenoxy) is 1. The Balaban J connectivity index is 1.75. The van der Waals surface area contributed by atoms with Gasteiger partial charge in [-0.2, -0.15) is 0 Å². The van der Waals surface area contributed by atoms with Gasteiger partial charge in [0, 0.05) is 31.0 Å². The molecule has 0 aliphatic rings. The van der Waals surface area contributed by atoms with Crippen molar-refractivity contribution >= 4 is 22.8 Å². The lowest BCUT2D eigenvalue weighted by atomic mass is 10.00. The number of carbonyl (C=O) groups excluding carboxylic acids is 2. The van der Waals surface area contributed by atoms with E-state index in [0.717, 1.165) is 28.9 Å². The fourth-order valence-corrected chi connectivity index (χ4v) is 4.19. The molecule has 0 aliphatic carbocycles. The van der Waals surface area contributed by atoms with Crippen molar-refractivity contribution in [1.29, 1.82) is 0 Å². The largest absolute Gasteiger partial charge is 0.497 e. The predicted molar refractivity (Wildman–Crippen MR) is 142 cm³/mol. The molecule has 2 aromatic carbocycles. The zero-order chi connectivity index (χ0) is 26.6. The number of hydrogen-bond acceptors (Lipinski definition) is 5. The van der Waals surface area contributed by atoms with Gasteiger partial charge in [-0.25, -0.2) is 4.68 Å². The molecule has 0 unspecified atom stereocenters. The van der Waals surface area contributed by atoms with Crippen molar-refractivity contribution < 1.29 is 14.3 Å². The number of para-hydroxylation sites is 1. The van der Waals surface area contributed by atoms with E-state index >= 15 is 0 Å². The maximum atomic E-state index is 14.0. The van der Waals surface area contributed by atoms with Crippen molar-refractivity contribution in [2.75, 3.05) is 7.11 Å².